The molecule has 0 unspecified atom stereocenters. The fourth-order valence-electron chi connectivity index (χ4n) is 2.63. The molecule has 1 amide bonds. The summed E-state index contributed by atoms with van der Waals surface area (Å²) in [7, 11) is 3.66. The van der Waals surface area contributed by atoms with E-state index in [1.165, 1.54) is 5.56 Å². The number of carbonyl (C=O) groups excluding carboxylic acids is 1. The largest absolute Gasteiger partial charge is 0.383 e. The summed E-state index contributed by atoms with van der Waals surface area (Å²) in [5, 5.41) is 2.97. The number of likely N-dealkylation sites (N-methyl/N-ethyl adjacent to an activating group) is 1. The summed E-state index contributed by atoms with van der Waals surface area (Å²) in [6.45, 7) is 1.51. The van der Waals surface area contributed by atoms with Gasteiger partial charge < -0.3 is 10.1 Å². The van der Waals surface area contributed by atoms with Gasteiger partial charge in [-0.3, -0.25) is 9.69 Å². The Labute approximate surface area is 144 Å². The van der Waals surface area contributed by atoms with E-state index in [0.717, 1.165) is 12.0 Å². The molecule has 0 radical (unpaired) electrons. The number of nitrogens with one attached hydrogen (secondary N) is 1. The molecule has 0 heterocycles. The van der Waals surface area contributed by atoms with Crippen molar-refractivity contribution in [2.45, 2.75) is 19.0 Å². The van der Waals surface area contributed by atoms with Crippen LogP contribution < -0.4 is 5.32 Å². The third kappa shape index (κ3) is 6.14. The lowest BCUT2D eigenvalue weighted by atomic mass is 10.1. The van der Waals surface area contributed by atoms with E-state index in [-0.39, 0.29) is 11.9 Å². The number of hydrogen-bond donors (Lipinski definition) is 1. The first kappa shape index (κ1) is 18.2. The second kappa shape index (κ2) is 9.85. The van der Waals surface area contributed by atoms with E-state index in [4.69, 9.17) is 4.74 Å². The van der Waals surface area contributed by atoms with Crippen molar-refractivity contribution in [2.75, 3.05) is 27.3 Å². The average Bonchev–Trinajstić information content (AvgIpc) is 2.61. The van der Waals surface area contributed by atoms with Gasteiger partial charge in [-0.1, -0.05) is 60.7 Å². The van der Waals surface area contributed by atoms with Crippen LogP contribution >= 0.6 is 0 Å². The highest BCUT2D eigenvalue weighted by Crippen LogP contribution is 2.08. The topological polar surface area (TPSA) is 41.6 Å². The molecule has 0 bridgehead atoms. The predicted octanol–water partition coefficient (Wildman–Crippen LogP) is 2.49. The van der Waals surface area contributed by atoms with Gasteiger partial charge in [0.15, 0.2) is 0 Å². The second-order valence-electron chi connectivity index (χ2n) is 5.98. The van der Waals surface area contributed by atoms with E-state index in [1.807, 2.05) is 55.6 Å². The van der Waals surface area contributed by atoms with Crippen molar-refractivity contribution in [2.24, 2.45) is 0 Å². The van der Waals surface area contributed by atoms with Crippen LogP contribution in [-0.4, -0.2) is 44.2 Å². The minimum Gasteiger partial charge on any atom is -0.383 e. The molecule has 2 aromatic rings. The number of benzene rings is 2. The normalized spacial score (nSPS) is 12.1. The smallest absolute Gasteiger partial charge is 0.234 e. The molecule has 128 valence electrons. The van der Waals surface area contributed by atoms with E-state index >= 15 is 0 Å². The fraction of sp³-hybridized carbons (Fsp3) is 0.350. The van der Waals surface area contributed by atoms with Gasteiger partial charge in [0.1, 0.15) is 0 Å². The van der Waals surface area contributed by atoms with Crippen LogP contribution in [0.1, 0.15) is 11.1 Å². The van der Waals surface area contributed by atoms with Crippen LogP contribution in [0.15, 0.2) is 60.7 Å². The Morgan fingerprint density at radius 3 is 2.21 bits per heavy atom. The Kier molecular flexibility index (Phi) is 7.46. The fourth-order valence-corrected chi connectivity index (χ4v) is 2.63. The number of hydrogen-bond acceptors (Lipinski definition) is 3. The number of nitrogens with zero attached hydrogens (tertiary/aromatic N) is 1. The van der Waals surface area contributed by atoms with Crippen LogP contribution in [-0.2, 0) is 22.5 Å². The van der Waals surface area contributed by atoms with Gasteiger partial charge in [-0.25, -0.2) is 0 Å². The van der Waals surface area contributed by atoms with Gasteiger partial charge in [-0.05, 0) is 24.6 Å². The van der Waals surface area contributed by atoms with Crippen molar-refractivity contribution in [3.8, 4) is 0 Å². The maximum Gasteiger partial charge on any atom is 0.234 e. The maximum atomic E-state index is 12.2. The van der Waals surface area contributed by atoms with Gasteiger partial charge in [-0.2, -0.15) is 0 Å². The van der Waals surface area contributed by atoms with Crippen LogP contribution in [0.5, 0.6) is 0 Å². The number of carbonyl (C=O) groups is 1. The molecule has 0 aromatic heterocycles. The van der Waals surface area contributed by atoms with E-state index in [9.17, 15) is 4.79 Å². The molecular weight excluding hydrogens is 300 g/mol. The molecule has 0 aliphatic carbocycles. The summed E-state index contributed by atoms with van der Waals surface area (Å²) in [5.74, 6) is 0.0236. The molecule has 1 N–H and O–H groups in total. The van der Waals surface area contributed by atoms with Crippen molar-refractivity contribution in [3.05, 3.63) is 71.8 Å². The number of rotatable bonds is 9. The van der Waals surface area contributed by atoms with Crippen molar-refractivity contribution in [1.29, 1.82) is 0 Å². The van der Waals surface area contributed by atoms with Crippen molar-refractivity contribution < 1.29 is 9.53 Å². The standard InChI is InChI=1S/C20H26N2O2/c1-22(15-20(23)21-14-18-11-7-4-8-12-18)19(16-24-2)13-17-9-5-3-6-10-17/h3-12,19H,13-16H2,1-2H3,(H,21,23)/t19-/m1/s1. The molecule has 4 nitrogen and oxygen atoms in total. The van der Waals surface area contributed by atoms with Gasteiger partial charge in [0.05, 0.1) is 13.2 Å². The zero-order valence-electron chi connectivity index (χ0n) is 14.4. The van der Waals surface area contributed by atoms with Crippen molar-refractivity contribution >= 4 is 5.91 Å². The molecular formula is C20H26N2O2. The summed E-state index contributed by atoms with van der Waals surface area (Å²) in [6, 6.07) is 20.4. The Bertz CT molecular complexity index is 602. The second-order valence-corrected chi connectivity index (χ2v) is 5.98. The zero-order valence-corrected chi connectivity index (χ0v) is 14.4. The lowest BCUT2D eigenvalue weighted by Crippen LogP contribution is -2.43. The molecule has 0 fully saturated rings. The van der Waals surface area contributed by atoms with E-state index in [0.29, 0.717) is 19.7 Å². The van der Waals surface area contributed by atoms with Crippen LogP contribution in [0, 0.1) is 0 Å². The summed E-state index contributed by atoms with van der Waals surface area (Å²) in [5.41, 5.74) is 2.35. The molecule has 4 heteroatoms. The highest BCUT2D eigenvalue weighted by atomic mass is 16.5. The van der Waals surface area contributed by atoms with Crippen LogP contribution in [0.25, 0.3) is 0 Å². The van der Waals surface area contributed by atoms with E-state index < -0.39 is 0 Å². The van der Waals surface area contributed by atoms with Crippen molar-refractivity contribution in [1.82, 2.24) is 10.2 Å². The number of ether oxygens (including phenoxy) is 1. The molecule has 0 aliphatic rings. The lowest BCUT2D eigenvalue weighted by molar-refractivity contribution is -0.122. The molecule has 0 saturated heterocycles. The van der Waals surface area contributed by atoms with Crippen LogP contribution in [0.3, 0.4) is 0 Å². The first-order valence-electron chi connectivity index (χ1n) is 8.22. The summed E-state index contributed by atoms with van der Waals surface area (Å²) >= 11 is 0. The van der Waals surface area contributed by atoms with Gasteiger partial charge in [0.2, 0.25) is 5.91 Å². The van der Waals surface area contributed by atoms with Gasteiger partial charge in [0.25, 0.3) is 0 Å². The third-order valence-corrected chi connectivity index (χ3v) is 4.02. The Hall–Kier alpha value is -2.17. The summed E-state index contributed by atoms with van der Waals surface area (Å²) in [4.78, 5) is 14.2. The SMILES string of the molecule is COC[C@@H](Cc1ccccc1)N(C)CC(=O)NCc1ccccc1. The van der Waals surface area contributed by atoms with Crippen molar-refractivity contribution in [3.63, 3.8) is 0 Å². The molecule has 1 atom stereocenters. The Balaban J connectivity index is 1.84. The number of methoxy groups -OCH3 is 1. The molecule has 0 saturated carbocycles. The van der Waals surface area contributed by atoms with Gasteiger partial charge in [0, 0.05) is 19.7 Å². The minimum atomic E-state index is 0.0236. The van der Waals surface area contributed by atoms with Crippen LogP contribution in [0.4, 0.5) is 0 Å². The van der Waals surface area contributed by atoms with Gasteiger partial charge >= 0.3 is 0 Å². The first-order valence-corrected chi connectivity index (χ1v) is 8.22. The summed E-state index contributed by atoms with van der Waals surface area (Å²) in [6.07, 6.45) is 0.858. The van der Waals surface area contributed by atoms with E-state index in [1.54, 1.807) is 7.11 Å². The van der Waals surface area contributed by atoms with E-state index in [2.05, 4.69) is 22.3 Å². The van der Waals surface area contributed by atoms with Gasteiger partial charge in [-0.15, -0.1) is 0 Å². The summed E-state index contributed by atoms with van der Waals surface area (Å²) < 4.78 is 5.33. The molecule has 0 aliphatic heterocycles. The Morgan fingerprint density at radius 2 is 1.62 bits per heavy atom. The maximum absolute atomic E-state index is 12.2. The average molecular weight is 326 g/mol. The Morgan fingerprint density at radius 1 is 1.04 bits per heavy atom. The highest BCUT2D eigenvalue weighted by molar-refractivity contribution is 5.78. The monoisotopic (exact) mass is 326 g/mol. The lowest BCUT2D eigenvalue weighted by Gasteiger charge is -2.27. The number of amides is 1. The molecule has 2 rings (SSSR count). The van der Waals surface area contributed by atoms with Crippen LogP contribution in [0.2, 0.25) is 0 Å². The minimum absolute atomic E-state index is 0.0236. The predicted molar refractivity (Wildman–Crippen MR) is 96.7 cm³/mol. The molecule has 0 spiro atoms. The molecule has 24 heavy (non-hydrogen) atoms. The molecule has 2 aromatic carbocycles. The first-order chi connectivity index (χ1) is 11.7. The third-order valence-electron chi connectivity index (χ3n) is 4.02. The quantitative estimate of drug-likeness (QED) is 0.770. The highest BCUT2D eigenvalue weighted by Gasteiger charge is 2.17. The zero-order chi connectivity index (χ0) is 17.2.